The minimum Gasteiger partial charge on any atom is -0.379 e. The lowest BCUT2D eigenvalue weighted by Crippen LogP contribution is -2.47. The molecule has 1 aliphatic heterocycles. The third-order valence-electron chi connectivity index (χ3n) is 4.74. The van der Waals surface area contributed by atoms with Crippen LogP contribution in [0, 0.1) is 5.92 Å². The second kappa shape index (κ2) is 15.4. The van der Waals surface area contributed by atoms with Crippen LogP contribution in [0.1, 0.15) is 37.6 Å². The molecule has 0 aliphatic carbocycles. The molecule has 0 aromatic carbocycles. The number of guanidine groups is 1. The molecule has 1 aromatic heterocycles. The molecule has 9 heteroatoms. The zero-order chi connectivity index (χ0) is 20.9. The first-order valence-corrected chi connectivity index (χ1v) is 10.6. The summed E-state index contributed by atoms with van der Waals surface area (Å²) in [5.74, 6) is 1.28. The van der Waals surface area contributed by atoms with Gasteiger partial charge in [-0.25, -0.2) is 0 Å². The predicted octanol–water partition coefficient (Wildman–Crippen LogP) is 1.73. The van der Waals surface area contributed by atoms with Gasteiger partial charge in [-0.1, -0.05) is 13.8 Å². The number of aromatic nitrogens is 1. The molecule has 2 heterocycles. The fourth-order valence-electron chi connectivity index (χ4n) is 3.32. The number of pyridine rings is 1. The molecule has 0 spiro atoms. The molecule has 0 radical (unpaired) electrons. The number of hydrogen-bond donors (Lipinski definition) is 3. The Kier molecular flexibility index (Phi) is 13.6. The number of hydrogen-bond acceptors (Lipinski definition) is 5. The number of rotatable bonds is 10. The second-order valence-corrected chi connectivity index (χ2v) is 7.58. The largest absolute Gasteiger partial charge is 0.379 e. The van der Waals surface area contributed by atoms with Crippen LogP contribution in [0.3, 0.4) is 0 Å². The Hall–Kier alpha value is -1.46. The number of nitrogens with zero attached hydrogens (tertiary/aromatic N) is 3. The standard InChI is InChI=1S/C21H36N6O2.HI/c1-4-23-21(25-9-8-24-20(28)18-6-5-7-22-15-18)26-16-19(14-17(2)3)27-10-12-29-13-11-27;/h5-7,15,17,19H,4,8-14,16H2,1-3H3,(H,24,28)(H2,23,25,26);1H. The molecular formula is C21H37IN6O2. The molecule has 0 saturated carbocycles. The van der Waals surface area contributed by atoms with Gasteiger partial charge in [-0.05, 0) is 31.4 Å². The van der Waals surface area contributed by atoms with Gasteiger partial charge in [0.25, 0.3) is 5.91 Å². The number of amides is 1. The third kappa shape index (κ3) is 10.0. The molecule has 30 heavy (non-hydrogen) atoms. The van der Waals surface area contributed by atoms with Gasteiger partial charge in [0.2, 0.25) is 0 Å². The Bertz CT molecular complexity index is 623. The van der Waals surface area contributed by atoms with E-state index in [9.17, 15) is 4.79 Å². The van der Waals surface area contributed by atoms with Gasteiger partial charge >= 0.3 is 0 Å². The summed E-state index contributed by atoms with van der Waals surface area (Å²) >= 11 is 0. The van der Waals surface area contributed by atoms with Crippen molar-refractivity contribution >= 4 is 35.8 Å². The molecule has 2 rings (SSSR count). The van der Waals surface area contributed by atoms with Crippen molar-refractivity contribution in [3.8, 4) is 0 Å². The molecule has 1 aromatic rings. The van der Waals surface area contributed by atoms with Crippen molar-refractivity contribution in [2.45, 2.75) is 33.2 Å². The van der Waals surface area contributed by atoms with E-state index in [4.69, 9.17) is 9.73 Å². The van der Waals surface area contributed by atoms with Gasteiger partial charge in [-0.15, -0.1) is 24.0 Å². The van der Waals surface area contributed by atoms with E-state index >= 15 is 0 Å². The summed E-state index contributed by atoms with van der Waals surface area (Å²) in [5.41, 5.74) is 0.565. The highest BCUT2D eigenvalue weighted by molar-refractivity contribution is 14.0. The van der Waals surface area contributed by atoms with E-state index in [1.165, 1.54) is 0 Å². The maximum atomic E-state index is 12.1. The van der Waals surface area contributed by atoms with Crippen molar-refractivity contribution in [1.29, 1.82) is 0 Å². The number of carbonyl (C=O) groups is 1. The van der Waals surface area contributed by atoms with Crippen molar-refractivity contribution in [2.24, 2.45) is 10.9 Å². The topological polar surface area (TPSA) is 90.9 Å². The molecule has 1 unspecified atom stereocenters. The maximum Gasteiger partial charge on any atom is 0.252 e. The Morgan fingerprint density at radius 3 is 2.60 bits per heavy atom. The average Bonchev–Trinajstić information content (AvgIpc) is 2.74. The Morgan fingerprint density at radius 2 is 1.97 bits per heavy atom. The van der Waals surface area contributed by atoms with Gasteiger partial charge in [0.1, 0.15) is 0 Å². The van der Waals surface area contributed by atoms with Crippen LogP contribution in [0.25, 0.3) is 0 Å². The summed E-state index contributed by atoms with van der Waals surface area (Å²) in [4.78, 5) is 23.3. The first-order valence-electron chi connectivity index (χ1n) is 10.6. The number of carbonyl (C=O) groups excluding carboxylic acids is 1. The van der Waals surface area contributed by atoms with E-state index in [1.54, 1.807) is 24.5 Å². The van der Waals surface area contributed by atoms with Crippen molar-refractivity contribution in [2.75, 3.05) is 52.5 Å². The Morgan fingerprint density at radius 1 is 1.23 bits per heavy atom. The summed E-state index contributed by atoms with van der Waals surface area (Å²) < 4.78 is 5.50. The number of ether oxygens (including phenoxy) is 1. The van der Waals surface area contributed by atoms with Crippen molar-refractivity contribution in [1.82, 2.24) is 25.8 Å². The molecule has 0 bridgehead atoms. The summed E-state index contributed by atoms with van der Waals surface area (Å²) in [6, 6.07) is 3.92. The van der Waals surface area contributed by atoms with Crippen LogP contribution in [-0.4, -0.2) is 80.3 Å². The zero-order valence-electron chi connectivity index (χ0n) is 18.4. The van der Waals surface area contributed by atoms with Gasteiger partial charge < -0.3 is 20.7 Å². The minimum absolute atomic E-state index is 0. The number of morpholine rings is 1. The van der Waals surface area contributed by atoms with Crippen LogP contribution >= 0.6 is 24.0 Å². The van der Waals surface area contributed by atoms with E-state index in [1.807, 2.05) is 0 Å². The van der Waals surface area contributed by atoms with Crippen molar-refractivity contribution < 1.29 is 9.53 Å². The van der Waals surface area contributed by atoms with Gasteiger partial charge in [-0.3, -0.25) is 19.7 Å². The summed E-state index contributed by atoms with van der Waals surface area (Å²) in [5, 5.41) is 9.48. The van der Waals surface area contributed by atoms with Gasteiger partial charge in [0, 0.05) is 51.2 Å². The molecule has 1 aliphatic rings. The lowest BCUT2D eigenvalue weighted by Gasteiger charge is -2.34. The second-order valence-electron chi connectivity index (χ2n) is 7.58. The Balaban J connectivity index is 0.00000450. The summed E-state index contributed by atoms with van der Waals surface area (Å²) in [6.45, 7) is 12.7. The highest BCUT2D eigenvalue weighted by Gasteiger charge is 2.21. The van der Waals surface area contributed by atoms with Crippen LogP contribution in [0.15, 0.2) is 29.5 Å². The molecule has 1 amide bonds. The molecule has 8 nitrogen and oxygen atoms in total. The molecular weight excluding hydrogens is 495 g/mol. The maximum absolute atomic E-state index is 12.1. The number of aliphatic imine (C=N–C) groups is 1. The van der Waals surface area contributed by atoms with E-state index in [0.717, 1.165) is 51.8 Å². The highest BCUT2D eigenvalue weighted by atomic mass is 127. The fraction of sp³-hybridized carbons (Fsp3) is 0.667. The van der Waals surface area contributed by atoms with Crippen LogP contribution in [-0.2, 0) is 4.74 Å². The quantitative estimate of drug-likeness (QED) is 0.184. The van der Waals surface area contributed by atoms with E-state index in [0.29, 0.717) is 30.6 Å². The third-order valence-corrected chi connectivity index (χ3v) is 4.74. The van der Waals surface area contributed by atoms with Crippen LogP contribution in [0.4, 0.5) is 0 Å². The molecule has 170 valence electrons. The summed E-state index contributed by atoms with van der Waals surface area (Å²) in [7, 11) is 0. The lowest BCUT2D eigenvalue weighted by molar-refractivity contribution is 0.0143. The molecule has 1 fully saturated rings. The summed E-state index contributed by atoms with van der Waals surface area (Å²) in [6.07, 6.45) is 4.33. The van der Waals surface area contributed by atoms with Gasteiger partial charge in [0.15, 0.2) is 5.96 Å². The monoisotopic (exact) mass is 532 g/mol. The highest BCUT2D eigenvalue weighted by Crippen LogP contribution is 2.14. The average molecular weight is 532 g/mol. The Labute approximate surface area is 197 Å². The van der Waals surface area contributed by atoms with E-state index < -0.39 is 0 Å². The van der Waals surface area contributed by atoms with Crippen LogP contribution in [0.5, 0.6) is 0 Å². The SMILES string of the molecule is CCNC(=NCC(CC(C)C)N1CCOCC1)NCCNC(=O)c1cccnc1.I. The zero-order valence-corrected chi connectivity index (χ0v) is 20.7. The van der Waals surface area contributed by atoms with E-state index in [-0.39, 0.29) is 29.9 Å². The molecule has 1 saturated heterocycles. The van der Waals surface area contributed by atoms with Gasteiger partial charge in [-0.2, -0.15) is 0 Å². The van der Waals surface area contributed by atoms with Crippen molar-refractivity contribution in [3.63, 3.8) is 0 Å². The smallest absolute Gasteiger partial charge is 0.252 e. The first-order chi connectivity index (χ1) is 14.1. The van der Waals surface area contributed by atoms with Gasteiger partial charge in [0.05, 0.1) is 25.3 Å². The molecule has 3 N–H and O–H groups in total. The van der Waals surface area contributed by atoms with Crippen molar-refractivity contribution in [3.05, 3.63) is 30.1 Å². The minimum atomic E-state index is -0.119. The fourth-order valence-corrected chi connectivity index (χ4v) is 3.32. The van der Waals surface area contributed by atoms with Crippen LogP contribution < -0.4 is 16.0 Å². The first kappa shape index (κ1) is 26.6. The predicted molar refractivity (Wildman–Crippen MR) is 132 cm³/mol. The number of halogens is 1. The lowest BCUT2D eigenvalue weighted by atomic mass is 10.0. The van der Waals surface area contributed by atoms with E-state index in [2.05, 4.69) is 46.6 Å². The number of nitrogens with one attached hydrogen (secondary N) is 3. The van der Waals surface area contributed by atoms with Crippen LogP contribution in [0.2, 0.25) is 0 Å². The molecule has 1 atom stereocenters. The normalized spacial score (nSPS) is 15.9.